The fourth-order valence-corrected chi connectivity index (χ4v) is 2.31. The highest BCUT2D eigenvalue weighted by molar-refractivity contribution is 7.89. The van der Waals surface area contributed by atoms with Crippen LogP contribution in [0.25, 0.3) is 0 Å². The molecule has 1 aromatic carbocycles. The summed E-state index contributed by atoms with van der Waals surface area (Å²) in [6, 6.07) is 5.30. The number of rotatable bonds is 8. The Morgan fingerprint density at radius 2 is 1.89 bits per heavy atom. The molecule has 4 N–H and O–H groups in total. The number of benzene rings is 1. The van der Waals surface area contributed by atoms with E-state index in [2.05, 4.69) is 4.72 Å². The van der Waals surface area contributed by atoms with Gasteiger partial charge in [-0.1, -0.05) is 0 Å². The second kappa shape index (κ2) is 7.19. The zero-order valence-corrected chi connectivity index (χ0v) is 11.0. The van der Waals surface area contributed by atoms with Crippen LogP contribution in [0.4, 0.5) is 0 Å². The first-order valence-corrected chi connectivity index (χ1v) is 7.04. The van der Waals surface area contributed by atoms with Crippen molar-refractivity contribution in [3.8, 4) is 0 Å². The average Bonchev–Trinajstić information content (AvgIpc) is 2.38. The van der Waals surface area contributed by atoms with Crippen LogP contribution in [-0.2, 0) is 14.8 Å². The van der Waals surface area contributed by atoms with Gasteiger partial charge >= 0.3 is 0 Å². The number of aliphatic hydroxyl groups excluding tert-OH is 1. The second-order valence-corrected chi connectivity index (χ2v) is 5.39. The molecular formula is C11H16N2O5S. The van der Waals surface area contributed by atoms with Crippen LogP contribution >= 0.6 is 0 Å². The molecule has 0 unspecified atom stereocenters. The largest absolute Gasteiger partial charge is 0.394 e. The number of sulfonamides is 1. The van der Waals surface area contributed by atoms with Gasteiger partial charge in [0.05, 0.1) is 24.7 Å². The predicted molar refractivity (Wildman–Crippen MR) is 68.1 cm³/mol. The van der Waals surface area contributed by atoms with Gasteiger partial charge in [-0.05, 0) is 24.3 Å². The van der Waals surface area contributed by atoms with E-state index in [0.29, 0.717) is 0 Å². The van der Waals surface area contributed by atoms with Gasteiger partial charge in [0.15, 0.2) is 0 Å². The SMILES string of the molecule is NC(=O)c1ccc(S(=O)(=O)NCCOCCO)cc1. The third kappa shape index (κ3) is 4.95. The highest BCUT2D eigenvalue weighted by Crippen LogP contribution is 2.09. The molecule has 7 nitrogen and oxygen atoms in total. The lowest BCUT2D eigenvalue weighted by Crippen LogP contribution is -2.27. The molecule has 0 radical (unpaired) electrons. The molecule has 0 fully saturated rings. The maximum absolute atomic E-state index is 11.8. The van der Waals surface area contributed by atoms with Crippen LogP contribution < -0.4 is 10.5 Å². The number of aliphatic hydroxyl groups is 1. The lowest BCUT2D eigenvalue weighted by atomic mass is 10.2. The monoisotopic (exact) mass is 288 g/mol. The second-order valence-electron chi connectivity index (χ2n) is 3.62. The average molecular weight is 288 g/mol. The molecule has 0 saturated heterocycles. The Morgan fingerprint density at radius 1 is 1.26 bits per heavy atom. The topological polar surface area (TPSA) is 119 Å². The van der Waals surface area contributed by atoms with Gasteiger partial charge in [0, 0.05) is 12.1 Å². The lowest BCUT2D eigenvalue weighted by molar-refractivity contribution is 0.0961. The molecule has 0 bridgehead atoms. The molecular weight excluding hydrogens is 272 g/mol. The number of ether oxygens (including phenoxy) is 1. The Hall–Kier alpha value is -1.48. The minimum Gasteiger partial charge on any atom is -0.394 e. The van der Waals surface area contributed by atoms with Crippen molar-refractivity contribution in [1.82, 2.24) is 4.72 Å². The molecule has 1 aromatic rings. The maximum atomic E-state index is 11.8. The number of carbonyl (C=O) groups is 1. The van der Waals surface area contributed by atoms with Gasteiger partial charge in [-0.3, -0.25) is 4.79 Å². The Morgan fingerprint density at radius 3 is 2.42 bits per heavy atom. The molecule has 0 aliphatic heterocycles. The van der Waals surface area contributed by atoms with E-state index in [1.165, 1.54) is 24.3 Å². The summed E-state index contributed by atoms with van der Waals surface area (Å²) in [5, 5.41) is 8.47. The number of nitrogens with one attached hydrogen (secondary N) is 1. The molecule has 106 valence electrons. The molecule has 0 aliphatic carbocycles. The number of hydrogen-bond donors (Lipinski definition) is 3. The quantitative estimate of drug-likeness (QED) is 0.534. The van der Waals surface area contributed by atoms with Crippen molar-refractivity contribution in [2.75, 3.05) is 26.4 Å². The predicted octanol–water partition coefficient (Wildman–Crippen LogP) is -0.927. The summed E-state index contributed by atoms with van der Waals surface area (Å²) in [5.41, 5.74) is 5.30. The number of primary amides is 1. The van der Waals surface area contributed by atoms with Crippen LogP contribution in [0.5, 0.6) is 0 Å². The van der Waals surface area contributed by atoms with Gasteiger partial charge in [0.1, 0.15) is 0 Å². The van der Waals surface area contributed by atoms with Crippen molar-refractivity contribution in [2.24, 2.45) is 5.73 Å². The Labute approximate surface area is 111 Å². The van der Waals surface area contributed by atoms with Gasteiger partial charge in [-0.25, -0.2) is 13.1 Å². The van der Waals surface area contributed by atoms with E-state index < -0.39 is 15.9 Å². The molecule has 0 aromatic heterocycles. The van der Waals surface area contributed by atoms with Crippen molar-refractivity contribution < 1.29 is 23.1 Å². The zero-order valence-electron chi connectivity index (χ0n) is 10.2. The molecule has 1 rings (SSSR count). The molecule has 8 heteroatoms. The van der Waals surface area contributed by atoms with E-state index in [9.17, 15) is 13.2 Å². The van der Waals surface area contributed by atoms with Crippen LogP contribution in [-0.4, -0.2) is 45.8 Å². The van der Waals surface area contributed by atoms with Gasteiger partial charge < -0.3 is 15.6 Å². The Kier molecular flexibility index (Phi) is 5.90. The van der Waals surface area contributed by atoms with E-state index in [1.54, 1.807) is 0 Å². The number of nitrogens with two attached hydrogens (primary N) is 1. The van der Waals surface area contributed by atoms with E-state index in [1.807, 2.05) is 0 Å². The van der Waals surface area contributed by atoms with Gasteiger partial charge in [0.2, 0.25) is 15.9 Å². The number of carbonyl (C=O) groups excluding carboxylic acids is 1. The highest BCUT2D eigenvalue weighted by Gasteiger charge is 2.13. The van der Waals surface area contributed by atoms with Gasteiger partial charge in [-0.2, -0.15) is 0 Å². The van der Waals surface area contributed by atoms with E-state index in [0.717, 1.165) is 0 Å². The minimum atomic E-state index is -3.63. The lowest BCUT2D eigenvalue weighted by Gasteiger charge is -2.07. The van der Waals surface area contributed by atoms with Crippen LogP contribution in [0.3, 0.4) is 0 Å². The van der Waals surface area contributed by atoms with Crippen LogP contribution in [0.1, 0.15) is 10.4 Å². The zero-order chi connectivity index (χ0) is 14.3. The normalized spacial score (nSPS) is 11.4. The Bertz CT molecular complexity index is 512. The van der Waals surface area contributed by atoms with E-state index >= 15 is 0 Å². The first-order valence-electron chi connectivity index (χ1n) is 5.55. The molecule has 0 spiro atoms. The molecule has 0 heterocycles. The van der Waals surface area contributed by atoms with Crippen molar-refractivity contribution in [3.63, 3.8) is 0 Å². The van der Waals surface area contributed by atoms with Crippen molar-refractivity contribution in [3.05, 3.63) is 29.8 Å². The highest BCUT2D eigenvalue weighted by atomic mass is 32.2. The number of hydrogen-bond acceptors (Lipinski definition) is 5. The summed E-state index contributed by atoms with van der Waals surface area (Å²) >= 11 is 0. The third-order valence-corrected chi connectivity index (χ3v) is 3.70. The van der Waals surface area contributed by atoms with Crippen molar-refractivity contribution in [1.29, 1.82) is 0 Å². The summed E-state index contributed by atoms with van der Waals surface area (Å²) in [6.07, 6.45) is 0. The molecule has 1 amide bonds. The Balaban J connectivity index is 2.59. The molecule has 0 aliphatic rings. The number of amides is 1. The third-order valence-electron chi connectivity index (χ3n) is 2.22. The van der Waals surface area contributed by atoms with Gasteiger partial charge in [-0.15, -0.1) is 0 Å². The molecule has 0 saturated carbocycles. The fourth-order valence-electron chi connectivity index (χ4n) is 1.30. The standard InChI is InChI=1S/C11H16N2O5S/c12-11(15)9-1-3-10(4-2-9)19(16,17)13-5-7-18-8-6-14/h1-4,13-14H,5-8H2,(H2,12,15). The van der Waals surface area contributed by atoms with E-state index in [4.69, 9.17) is 15.6 Å². The van der Waals surface area contributed by atoms with Crippen LogP contribution in [0.2, 0.25) is 0 Å². The van der Waals surface area contributed by atoms with Crippen LogP contribution in [0, 0.1) is 0 Å². The minimum absolute atomic E-state index is 0.0414. The van der Waals surface area contributed by atoms with Crippen LogP contribution in [0.15, 0.2) is 29.2 Å². The summed E-state index contributed by atoms with van der Waals surface area (Å²) < 4.78 is 30.9. The maximum Gasteiger partial charge on any atom is 0.248 e. The van der Waals surface area contributed by atoms with Crippen molar-refractivity contribution in [2.45, 2.75) is 4.90 Å². The first-order chi connectivity index (χ1) is 8.97. The summed E-state index contributed by atoms with van der Waals surface area (Å²) in [6.45, 7) is 0.315. The summed E-state index contributed by atoms with van der Waals surface area (Å²) in [5.74, 6) is -0.616. The first kappa shape index (κ1) is 15.6. The summed E-state index contributed by atoms with van der Waals surface area (Å²) in [4.78, 5) is 10.9. The van der Waals surface area contributed by atoms with Gasteiger partial charge in [0.25, 0.3) is 0 Å². The smallest absolute Gasteiger partial charge is 0.248 e. The molecule has 0 atom stereocenters. The summed E-state index contributed by atoms with van der Waals surface area (Å²) in [7, 11) is -3.63. The van der Waals surface area contributed by atoms with E-state index in [-0.39, 0.29) is 36.8 Å². The molecule has 19 heavy (non-hydrogen) atoms. The van der Waals surface area contributed by atoms with Crippen molar-refractivity contribution >= 4 is 15.9 Å². The fraction of sp³-hybridized carbons (Fsp3) is 0.364.